The lowest BCUT2D eigenvalue weighted by Crippen LogP contribution is -2.27. The maximum Gasteiger partial charge on any atom is 0.270 e. The Bertz CT molecular complexity index is 1020. The van der Waals surface area contributed by atoms with Crippen LogP contribution in [-0.2, 0) is 4.79 Å². The molecule has 1 fully saturated rings. The van der Waals surface area contributed by atoms with E-state index in [-0.39, 0.29) is 5.91 Å². The predicted molar refractivity (Wildman–Crippen MR) is 130 cm³/mol. The van der Waals surface area contributed by atoms with Crippen LogP contribution in [0.3, 0.4) is 0 Å². The lowest BCUT2D eigenvalue weighted by molar-refractivity contribution is -0.113. The zero-order valence-corrected chi connectivity index (χ0v) is 19.7. The number of anilines is 1. The molecular formula is C22H20BrNO4S2. The molecule has 2 aromatic carbocycles. The molecule has 156 valence electrons. The summed E-state index contributed by atoms with van der Waals surface area (Å²) in [5.41, 5.74) is 1.41. The molecule has 0 radical (unpaired) electrons. The van der Waals surface area contributed by atoms with Gasteiger partial charge in [-0.1, -0.05) is 48.8 Å². The second kappa shape index (κ2) is 10.1. The average molecular weight is 506 g/mol. The van der Waals surface area contributed by atoms with Gasteiger partial charge in [0.2, 0.25) is 0 Å². The summed E-state index contributed by atoms with van der Waals surface area (Å²) < 4.78 is 18.0. The van der Waals surface area contributed by atoms with Gasteiger partial charge in [0.05, 0.1) is 28.8 Å². The van der Waals surface area contributed by atoms with Gasteiger partial charge in [0.25, 0.3) is 5.91 Å². The summed E-state index contributed by atoms with van der Waals surface area (Å²) in [7, 11) is 1.56. The normalized spacial score (nSPS) is 14.9. The Hall–Kier alpha value is -2.29. The number of hydrogen-bond donors (Lipinski definition) is 0. The summed E-state index contributed by atoms with van der Waals surface area (Å²) in [6, 6.07) is 11.0. The fourth-order valence-corrected chi connectivity index (χ4v) is 4.72. The number of methoxy groups -OCH3 is 1. The van der Waals surface area contributed by atoms with Crippen LogP contribution in [0.15, 0.2) is 58.4 Å². The zero-order valence-electron chi connectivity index (χ0n) is 16.5. The first-order valence-corrected chi connectivity index (χ1v) is 11.1. The van der Waals surface area contributed by atoms with E-state index in [0.717, 1.165) is 10.0 Å². The van der Waals surface area contributed by atoms with Crippen LogP contribution >= 0.6 is 39.9 Å². The van der Waals surface area contributed by atoms with E-state index in [1.165, 1.54) is 16.7 Å². The molecule has 0 N–H and O–H groups in total. The van der Waals surface area contributed by atoms with Crippen LogP contribution < -0.4 is 19.1 Å². The van der Waals surface area contributed by atoms with E-state index >= 15 is 0 Å². The van der Waals surface area contributed by atoms with Gasteiger partial charge >= 0.3 is 0 Å². The topological polar surface area (TPSA) is 48.0 Å². The van der Waals surface area contributed by atoms with E-state index in [1.807, 2.05) is 37.3 Å². The summed E-state index contributed by atoms with van der Waals surface area (Å²) in [6.07, 6.45) is 3.46. The number of halogens is 1. The van der Waals surface area contributed by atoms with Gasteiger partial charge in [-0.25, -0.2) is 0 Å². The molecular weight excluding hydrogens is 486 g/mol. The second-order valence-corrected chi connectivity index (χ2v) is 8.58. The number of para-hydroxylation sites is 2. The van der Waals surface area contributed by atoms with Crippen LogP contribution in [-0.4, -0.2) is 30.6 Å². The van der Waals surface area contributed by atoms with Crippen molar-refractivity contribution in [1.82, 2.24) is 0 Å². The molecule has 0 spiro atoms. The Kier molecular flexibility index (Phi) is 7.58. The van der Waals surface area contributed by atoms with Gasteiger partial charge in [0.15, 0.2) is 15.8 Å². The summed E-state index contributed by atoms with van der Waals surface area (Å²) in [6.45, 7) is 6.41. The molecule has 1 heterocycles. The van der Waals surface area contributed by atoms with Gasteiger partial charge in [-0.15, -0.1) is 0 Å². The van der Waals surface area contributed by atoms with Crippen molar-refractivity contribution in [1.29, 1.82) is 0 Å². The number of amides is 1. The molecule has 3 rings (SSSR count). The minimum atomic E-state index is -0.199. The fraction of sp³-hybridized carbons (Fsp3) is 0.182. The van der Waals surface area contributed by atoms with Gasteiger partial charge in [-0.05, 0) is 58.8 Å². The van der Waals surface area contributed by atoms with Crippen molar-refractivity contribution in [3.63, 3.8) is 0 Å². The third-order valence-electron chi connectivity index (χ3n) is 4.09. The number of rotatable bonds is 8. The number of carbonyl (C=O) groups excluding carboxylic acids is 1. The summed E-state index contributed by atoms with van der Waals surface area (Å²) in [5, 5.41) is 0. The van der Waals surface area contributed by atoms with Gasteiger partial charge in [-0.3, -0.25) is 9.69 Å². The summed E-state index contributed by atoms with van der Waals surface area (Å²) in [5.74, 6) is 1.56. The Labute approximate surface area is 193 Å². The summed E-state index contributed by atoms with van der Waals surface area (Å²) in [4.78, 5) is 15.1. The highest BCUT2D eigenvalue weighted by Crippen LogP contribution is 2.42. The highest BCUT2D eigenvalue weighted by atomic mass is 79.9. The van der Waals surface area contributed by atoms with Crippen LogP contribution in [0.4, 0.5) is 5.69 Å². The van der Waals surface area contributed by atoms with Crippen LogP contribution in [0.25, 0.3) is 6.08 Å². The molecule has 0 bridgehead atoms. The van der Waals surface area contributed by atoms with Gasteiger partial charge in [-0.2, -0.15) is 0 Å². The largest absolute Gasteiger partial charge is 0.495 e. The van der Waals surface area contributed by atoms with Crippen LogP contribution in [0.1, 0.15) is 12.5 Å². The molecule has 1 aliphatic heterocycles. The van der Waals surface area contributed by atoms with E-state index in [1.54, 1.807) is 25.3 Å². The number of carbonyl (C=O) groups is 1. The zero-order chi connectivity index (χ0) is 21.7. The molecule has 1 saturated heterocycles. The quantitative estimate of drug-likeness (QED) is 0.255. The predicted octanol–water partition coefficient (Wildman–Crippen LogP) is 5.83. The molecule has 0 unspecified atom stereocenters. The van der Waals surface area contributed by atoms with Crippen LogP contribution in [0.2, 0.25) is 0 Å². The van der Waals surface area contributed by atoms with Crippen LogP contribution in [0, 0.1) is 0 Å². The molecule has 1 amide bonds. The molecule has 5 nitrogen and oxygen atoms in total. The monoisotopic (exact) mass is 505 g/mol. The lowest BCUT2D eigenvalue weighted by atomic mass is 10.1. The Balaban J connectivity index is 1.96. The Morgan fingerprint density at radius 1 is 1.23 bits per heavy atom. The first-order valence-electron chi connectivity index (χ1n) is 9.11. The standard InChI is InChI=1S/C22H20BrNO4S2/c1-4-10-28-20-15(23)11-14(12-18(20)27-5-2)13-19-21(25)24(22(29)30-19)16-8-6-7-9-17(16)26-3/h4,6-9,11-13H,1,5,10H2,2-3H3/b19-13+. The number of thioether (sulfide) groups is 1. The van der Waals surface area contributed by atoms with Crippen molar-refractivity contribution < 1.29 is 19.0 Å². The molecule has 8 heteroatoms. The maximum absolute atomic E-state index is 13.1. The SMILES string of the molecule is C=CCOc1c(Br)cc(/C=C2/SC(=S)N(c3ccccc3OC)C2=O)cc1OCC. The maximum atomic E-state index is 13.1. The molecule has 0 aliphatic carbocycles. The highest BCUT2D eigenvalue weighted by molar-refractivity contribution is 9.10. The lowest BCUT2D eigenvalue weighted by Gasteiger charge is -2.17. The van der Waals surface area contributed by atoms with E-state index in [2.05, 4.69) is 22.5 Å². The van der Waals surface area contributed by atoms with Crippen molar-refractivity contribution in [2.75, 3.05) is 25.2 Å². The molecule has 1 aliphatic rings. The average Bonchev–Trinajstić information content (AvgIpc) is 3.00. The highest BCUT2D eigenvalue weighted by Gasteiger charge is 2.34. The number of ether oxygens (including phenoxy) is 3. The number of hydrogen-bond acceptors (Lipinski definition) is 6. The van der Waals surface area contributed by atoms with Gasteiger partial charge in [0, 0.05) is 0 Å². The minimum absolute atomic E-state index is 0.199. The molecule has 0 aromatic heterocycles. The van der Waals surface area contributed by atoms with E-state index in [4.69, 9.17) is 26.4 Å². The van der Waals surface area contributed by atoms with E-state index in [0.29, 0.717) is 45.4 Å². The van der Waals surface area contributed by atoms with Crippen molar-refractivity contribution in [2.24, 2.45) is 0 Å². The third kappa shape index (κ3) is 4.71. The van der Waals surface area contributed by atoms with Crippen molar-refractivity contribution in [3.05, 3.63) is 64.0 Å². The molecule has 2 aromatic rings. The molecule has 0 atom stereocenters. The molecule has 0 saturated carbocycles. The second-order valence-electron chi connectivity index (χ2n) is 6.05. The smallest absolute Gasteiger partial charge is 0.270 e. The van der Waals surface area contributed by atoms with E-state index < -0.39 is 0 Å². The van der Waals surface area contributed by atoms with Gasteiger partial charge in [0.1, 0.15) is 12.4 Å². The summed E-state index contributed by atoms with van der Waals surface area (Å²) >= 11 is 10.2. The number of nitrogens with zero attached hydrogens (tertiary/aromatic N) is 1. The fourth-order valence-electron chi connectivity index (χ4n) is 2.86. The first kappa shape index (κ1) is 22.4. The number of benzene rings is 2. The van der Waals surface area contributed by atoms with Crippen molar-refractivity contribution >= 4 is 61.9 Å². The number of thiocarbonyl (C=S) groups is 1. The third-order valence-corrected chi connectivity index (χ3v) is 5.99. The van der Waals surface area contributed by atoms with Crippen molar-refractivity contribution in [2.45, 2.75) is 6.92 Å². The Morgan fingerprint density at radius 3 is 2.70 bits per heavy atom. The first-order chi connectivity index (χ1) is 14.5. The van der Waals surface area contributed by atoms with Gasteiger partial charge < -0.3 is 14.2 Å². The van der Waals surface area contributed by atoms with E-state index in [9.17, 15) is 4.79 Å². The Morgan fingerprint density at radius 2 is 2.00 bits per heavy atom. The molecule has 30 heavy (non-hydrogen) atoms. The minimum Gasteiger partial charge on any atom is -0.495 e. The van der Waals surface area contributed by atoms with Crippen LogP contribution in [0.5, 0.6) is 17.2 Å². The van der Waals surface area contributed by atoms with Crippen molar-refractivity contribution in [3.8, 4) is 17.2 Å².